The minimum absolute atomic E-state index is 0.0686. The van der Waals surface area contributed by atoms with E-state index in [1.807, 2.05) is 11.3 Å². The van der Waals surface area contributed by atoms with Crippen LogP contribution >= 0.6 is 11.3 Å². The molecule has 0 aliphatic heterocycles. The molecule has 1 unspecified atom stereocenters. The Bertz CT molecular complexity index is 3240. The van der Waals surface area contributed by atoms with Gasteiger partial charge in [-0.05, 0) is 119 Å². The van der Waals surface area contributed by atoms with Crippen molar-refractivity contribution in [2.75, 3.05) is 0 Å². The Labute approximate surface area is 331 Å². The Hall–Kier alpha value is -6.02. The van der Waals surface area contributed by atoms with Gasteiger partial charge in [0, 0.05) is 31.5 Å². The fraction of sp³-hybridized carbons (Fsp3) is 0.127. The van der Waals surface area contributed by atoms with Crippen LogP contribution in [0.3, 0.4) is 0 Å². The van der Waals surface area contributed by atoms with Crippen LogP contribution in [0.15, 0.2) is 175 Å². The molecular weight excluding hydrogens is 693 g/mol. The second kappa shape index (κ2) is 12.0. The normalized spacial score (nSPS) is 17.6. The SMILES string of the molecule is CC1(C)C2=CCC(C3=CCCC(c4c5ccccc5c(-c5cccc6ccccc56)c5ccccc45)=C3)C=C2c2c1c1sc3ccccc3c1c1ccccc21. The largest absolute Gasteiger partial charge is 0.135 e. The Kier molecular flexibility index (Phi) is 6.90. The molecule has 9 aromatic rings. The maximum atomic E-state index is 2.65. The number of allylic oxidation sites excluding steroid dienone is 8. The number of rotatable bonds is 3. The number of hydrogen-bond acceptors (Lipinski definition) is 1. The van der Waals surface area contributed by atoms with Crippen LogP contribution < -0.4 is 0 Å². The Morgan fingerprint density at radius 3 is 1.88 bits per heavy atom. The van der Waals surface area contributed by atoms with Gasteiger partial charge < -0.3 is 0 Å². The molecule has 1 atom stereocenters. The molecule has 0 bridgehead atoms. The summed E-state index contributed by atoms with van der Waals surface area (Å²) in [6.07, 6.45) is 13.5. The average molecular weight is 733 g/mol. The van der Waals surface area contributed by atoms with Gasteiger partial charge in [-0.15, -0.1) is 11.3 Å². The molecule has 0 saturated carbocycles. The Morgan fingerprint density at radius 1 is 0.554 bits per heavy atom. The first-order valence-corrected chi connectivity index (χ1v) is 21.0. The number of thiophene rings is 1. The van der Waals surface area contributed by atoms with Crippen molar-refractivity contribution in [2.45, 2.75) is 38.5 Å². The number of benzene rings is 8. The molecule has 1 heterocycles. The predicted molar refractivity (Wildman–Crippen MR) is 244 cm³/mol. The summed E-state index contributed by atoms with van der Waals surface area (Å²) in [6, 6.07) is 52.0. The third kappa shape index (κ3) is 4.47. The monoisotopic (exact) mass is 732 g/mol. The van der Waals surface area contributed by atoms with Crippen LogP contribution in [0, 0.1) is 5.92 Å². The summed E-state index contributed by atoms with van der Waals surface area (Å²) in [6.45, 7) is 4.93. The van der Waals surface area contributed by atoms with E-state index in [9.17, 15) is 0 Å². The molecule has 12 rings (SSSR count). The molecule has 0 spiro atoms. The minimum Gasteiger partial charge on any atom is -0.135 e. The van der Waals surface area contributed by atoms with Crippen molar-refractivity contribution < 1.29 is 0 Å². The van der Waals surface area contributed by atoms with Crippen molar-refractivity contribution in [3.05, 3.63) is 192 Å². The van der Waals surface area contributed by atoms with Crippen molar-refractivity contribution >= 4 is 85.7 Å². The van der Waals surface area contributed by atoms with Crippen LogP contribution in [0.1, 0.15) is 49.8 Å². The molecule has 0 saturated heterocycles. The minimum atomic E-state index is -0.0686. The van der Waals surface area contributed by atoms with E-state index >= 15 is 0 Å². The average Bonchev–Trinajstić information content (AvgIpc) is 3.75. The van der Waals surface area contributed by atoms with Crippen molar-refractivity contribution in [1.82, 2.24) is 0 Å². The topological polar surface area (TPSA) is 0 Å². The molecule has 1 heteroatoms. The molecule has 0 N–H and O–H groups in total. The molecule has 3 aliphatic carbocycles. The molecule has 56 heavy (non-hydrogen) atoms. The first-order valence-electron chi connectivity index (χ1n) is 20.2. The lowest BCUT2D eigenvalue weighted by Crippen LogP contribution is -2.17. The fourth-order valence-corrected chi connectivity index (χ4v) is 12.2. The third-order valence-electron chi connectivity index (χ3n) is 13.2. The van der Waals surface area contributed by atoms with Crippen molar-refractivity contribution in [2.24, 2.45) is 5.92 Å². The van der Waals surface area contributed by atoms with Crippen LogP contribution in [0.5, 0.6) is 0 Å². The van der Waals surface area contributed by atoms with E-state index in [1.165, 1.54) is 113 Å². The summed E-state index contributed by atoms with van der Waals surface area (Å²) in [7, 11) is 0. The van der Waals surface area contributed by atoms with E-state index < -0.39 is 0 Å². The van der Waals surface area contributed by atoms with Gasteiger partial charge in [-0.1, -0.05) is 172 Å². The zero-order valence-corrected chi connectivity index (χ0v) is 32.5. The summed E-state index contributed by atoms with van der Waals surface area (Å²) >= 11 is 1.98. The highest BCUT2D eigenvalue weighted by atomic mass is 32.1. The van der Waals surface area contributed by atoms with Crippen LogP contribution in [0.25, 0.3) is 85.5 Å². The first-order chi connectivity index (χ1) is 27.6. The van der Waals surface area contributed by atoms with Gasteiger partial charge in [0.1, 0.15) is 0 Å². The van der Waals surface area contributed by atoms with Crippen molar-refractivity contribution in [3.8, 4) is 11.1 Å². The predicted octanol–water partition coefficient (Wildman–Crippen LogP) is 15.8. The molecule has 0 amide bonds. The van der Waals surface area contributed by atoms with Crippen LogP contribution in [0.4, 0.5) is 0 Å². The van der Waals surface area contributed by atoms with Crippen LogP contribution in [-0.2, 0) is 5.41 Å². The summed E-state index contributed by atoms with van der Waals surface area (Å²) < 4.78 is 2.84. The molecule has 1 aromatic heterocycles. The van der Waals surface area contributed by atoms with Gasteiger partial charge in [0.15, 0.2) is 0 Å². The maximum Gasteiger partial charge on any atom is 0.0408 e. The van der Waals surface area contributed by atoms with Gasteiger partial charge in [0.25, 0.3) is 0 Å². The highest BCUT2D eigenvalue weighted by Gasteiger charge is 2.43. The highest BCUT2D eigenvalue weighted by molar-refractivity contribution is 7.26. The molecule has 8 aromatic carbocycles. The molecular formula is C55H40S. The first kappa shape index (κ1) is 32.2. The van der Waals surface area contributed by atoms with Crippen LogP contribution in [0.2, 0.25) is 0 Å². The molecule has 266 valence electrons. The molecule has 0 radical (unpaired) electrons. The number of hydrogen-bond donors (Lipinski definition) is 0. The van der Waals surface area contributed by atoms with E-state index in [0.717, 1.165) is 19.3 Å². The van der Waals surface area contributed by atoms with Gasteiger partial charge in [0.05, 0.1) is 0 Å². The van der Waals surface area contributed by atoms with Crippen molar-refractivity contribution in [1.29, 1.82) is 0 Å². The van der Waals surface area contributed by atoms with Crippen LogP contribution in [-0.4, -0.2) is 0 Å². The number of fused-ring (bicyclic) bond motifs is 13. The van der Waals surface area contributed by atoms with E-state index in [4.69, 9.17) is 0 Å². The maximum absolute atomic E-state index is 2.65. The zero-order chi connectivity index (χ0) is 37.1. The summed E-state index contributed by atoms with van der Waals surface area (Å²) in [5, 5.41) is 13.5. The summed E-state index contributed by atoms with van der Waals surface area (Å²) in [4.78, 5) is 0. The fourth-order valence-electron chi connectivity index (χ4n) is 10.8. The van der Waals surface area contributed by atoms with Gasteiger partial charge in [-0.2, -0.15) is 0 Å². The zero-order valence-electron chi connectivity index (χ0n) is 31.7. The second-order valence-corrected chi connectivity index (χ2v) is 17.6. The third-order valence-corrected chi connectivity index (χ3v) is 14.4. The van der Waals surface area contributed by atoms with E-state index in [2.05, 4.69) is 178 Å². The summed E-state index contributed by atoms with van der Waals surface area (Å²) in [5.74, 6) is 0.329. The van der Waals surface area contributed by atoms with E-state index in [0.29, 0.717) is 5.92 Å². The van der Waals surface area contributed by atoms with Gasteiger partial charge in [0.2, 0.25) is 0 Å². The van der Waals surface area contributed by atoms with Crippen molar-refractivity contribution in [3.63, 3.8) is 0 Å². The Balaban J connectivity index is 1.04. The Morgan fingerprint density at radius 2 is 1.14 bits per heavy atom. The summed E-state index contributed by atoms with van der Waals surface area (Å²) in [5.41, 5.74) is 12.8. The van der Waals surface area contributed by atoms with Gasteiger partial charge >= 0.3 is 0 Å². The quantitative estimate of drug-likeness (QED) is 0.159. The standard InChI is InChI=1S/C55H40S/c1-55(2)47-30-29-35(32-46(47)51-43-24-9-10-25-44(43)52-45-26-11-12-28-48(45)56-54(52)53(51)55)34-17-13-18-36(31-34)49-39-20-5-7-22-41(39)50(42-23-8-6-21-40(42)49)38-27-14-16-33-15-3-4-19-37(33)38/h3-12,14-17,19-28,30-32,35H,13,18,29H2,1-2H3. The highest BCUT2D eigenvalue weighted by Crippen LogP contribution is 2.59. The van der Waals surface area contributed by atoms with Gasteiger partial charge in [-0.25, -0.2) is 0 Å². The lowest BCUT2D eigenvalue weighted by atomic mass is 9.76. The van der Waals surface area contributed by atoms with Gasteiger partial charge in [-0.3, -0.25) is 0 Å². The van der Waals surface area contributed by atoms with E-state index in [-0.39, 0.29) is 5.41 Å². The molecule has 0 nitrogen and oxygen atoms in total. The lowest BCUT2D eigenvalue weighted by Gasteiger charge is -2.28. The smallest absolute Gasteiger partial charge is 0.0408 e. The van der Waals surface area contributed by atoms with E-state index in [1.54, 1.807) is 0 Å². The lowest BCUT2D eigenvalue weighted by molar-refractivity contribution is 0.651. The second-order valence-electron chi connectivity index (χ2n) is 16.5. The molecule has 3 aliphatic rings. The molecule has 0 fully saturated rings.